The highest BCUT2D eigenvalue weighted by Crippen LogP contribution is 2.17. The molecule has 1 aromatic carbocycles. The number of rotatable bonds is 50. The lowest BCUT2D eigenvalue weighted by Gasteiger charge is -2.30. The van der Waals surface area contributed by atoms with Gasteiger partial charge < -0.3 is 122 Å². The van der Waals surface area contributed by atoms with E-state index in [-0.39, 0.29) is 37.4 Å². The van der Waals surface area contributed by atoms with Crippen molar-refractivity contribution in [3.8, 4) is 5.75 Å². The number of carbonyl (C=O) groups is 19. The van der Waals surface area contributed by atoms with E-state index in [4.69, 9.17) is 17.2 Å². The SMILES string of the molecule is CC[C@H](C)[C@H](NC(=O)[C@H](CC(C)C)NC(=O)[C@@H](C)NC(=O)[C@@H](N)[C@@H](C)O)C(=O)N[C@@H](CC(=O)O)C(=O)N[C@@H](CC(N)=O)C(=O)N[C@@H](CC(N)=O)C(=O)N[C@@H](C)C(=O)N[C@H](C(=O)N[C@@H](CCC(=O)O)C(=O)N[C@@H](CCC(=O)O)C(=O)N[C@H](C(=O)N[C@H](C(=O)N[C@@H](Cc1ccc(O)cc1)C(=O)O)C(C)C)[C@@H](C)CC)[C@@H](C)O. The quantitative estimate of drug-likeness (QED) is 0.0288. The molecular formula is C68H108N16O26. The number of aliphatic carboxylic acids is 4. The number of phenols is 1. The molecule has 0 saturated carbocycles. The monoisotopic (exact) mass is 1560 g/mol. The molecule has 616 valence electrons. The van der Waals surface area contributed by atoms with Crippen molar-refractivity contribution < 1.29 is 127 Å². The molecule has 0 unspecified atom stereocenters. The summed E-state index contributed by atoms with van der Waals surface area (Å²) in [4.78, 5) is 252. The number of aliphatic hydroxyl groups is 2. The minimum Gasteiger partial charge on any atom is -0.508 e. The van der Waals surface area contributed by atoms with Crippen molar-refractivity contribution in [3.05, 3.63) is 29.8 Å². The molecule has 0 aliphatic carbocycles. The Morgan fingerprint density at radius 3 is 1.09 bits per heavy atom. The first-order chi connectivity index (χ1) is 51.0. The molecule has 0 aromatic heterocycles. The van der Waals surface area contributed by atoms with Gasteiger partial charge in [-0.1, -0.05) is 80.4 Å². The molecule has 18 atom stereocenters. The molecule has 26 N–H and O–H groups in total. The number of phenolic OH excluding ortho intramolecular Hbond substituents is 1. The zero-order valence-corrected chi connectivity index (χ0v) is 63.3. The van der Waals surface area contributed by atoms with Gasteiger partial charge in [0.05, 0.1) is 31.5 Å². The third kappa shape index (κ3) is 34.4. The maximum absolute atomic E-state index is 14.2. The number of carboxylic acid groups (broad SMARTS) is 4. The van der Waals surface area contributed by atoms with Crippen LogP contribution in [0.5, 0.6) is 5.75 Å². The topological polar surface area (TPSA) is 700 Å². The van der Waals surface area contributed by atoms with E-state index < -0.39 is 272 Å². The van der Waals surface area contributed by atoms with Crippen molar-refractivity contribution in [2.24, 2.45) is 40.9 Å². The molecule has 0 heterocycles. The van der Waals surface area contributed by atoms with Crippen LogP contribution < -0.4 is 86.3 Å². The summed E-state index contributed by atoms with van der Waals surface area (Å²) < 4.78 is 0. The second kappa shape index (κ2) is 46.9. The zero-order valence-electron chi connectivity index (χ0n) is 63.3. The number of benzene rings is 1. The summed E-state index contributed by atoms with van der Waals surface area (Å²) in [6.45, 7) is 17.1. The fourth-order valence-corrected chi connectivity index (χ4v) is 10.3. The third-order valence-electron chi connectivity index (χ3n) is 17.2. The van der Waals surface area contributed by atoms with Crippen molar-refractivity contribution in [2.45, 2.75) is 251 Å². The Labute approximate surface area is 633 Å². The Morgan fingerprint density at radius 2 is 0.691 bits per heavy atom. The zero-order chi connectivity index (χ0) is 84.5. The highest BCUT2D eigenvalue weighted by molar-refractivity contribution is 6.02. The van der Waals surface area contributed by atoms with Gasteiger partial charge in [-0.2, -0.15) is 0 Å². The lowest BCUT2D eigenvalue weighted by atomic mass is 9.95. The summed E-state index contributed by atoms with van der Waals surface area (Å²) >= 11 is 0. The molecular weight excluding hydrogens is 1460 g/mol. The van der Waals surface area contributed by atoms with E-state index in [9.17, 15) is 127 Å². The van der Waals surface area contributed by atoms with E-state index in [1.54, 1.807) is 27.7 Å². The van der Waals surface area contributed by atoms with Gasteiger partial charge in [0.15, 0.2) is 0 Å². The molecule has 0 saturated heterocycles. The van der Waals surface area contributed by atoms with Gasteiger partial charge in [-0.25, -0.2) is 4.79 Å². The smallest absolute Gasteiger partial charge is 0.326 e. The molecule has 0 spiro atoms. The molecule has 0 radical (unpaired) electrons. The third-order valence-corrected chi connectivity index (χ3v) is 17.2. The van der Waals surface area contributed by atoms with Gasteiger partial charge in [-0.05, 0) is 88.3 Å². The number of aliphatic hydroxyl groups excluding tert-OH is 2. The van der Waals surface area contributed by atoms with Crippen LogP contribution in [0.2, 0.25) is 0 Å². The van der Waals surface area contributed by atoms with Gasteiger partial charge >= 0.3 is 23.9 Å². The van der Waals surface area contributed by atoms with Crippen molar-refractivity contribution >= 4 is 112 Å². The standard InChI is InChI=1S/C68H108N16O26/c1-13-30(7)52(83-62(103)40(23-28(3)4)76-55(96)32(9)73-63(104)50(71)34(11)85)65(106)79-43(27-49(94)95)61(102)78-42(26-46(70)89)60(101)77-41(25-45(69)88)59(100)72-33(10)56(97)84-54(35(12)86)67(108)75-38(19-21-47(90)91)57(98)74-39(20-22-48(92)93)58(99)82-53(31(8)14-2)66(107)81-51(29(5)6)64(105)80-44(68(109)110)24-36-15-17-37(87)18-16-36/h15-18,28-35,38-44,50-54,85-87H,13-14,19-27,71H2,1-12H3,(H2,69,88)(H2,70,89)(H,72,100)(H,73,104)(H,74,98)(H,75,108)(H,76,96)(H,77,101)(H,78,102)(H,79,106)(H,80,105)(H,81,107)(H,82,99)(H,83,103)(H,84,97)(H,90,91)(H,92,93)(H,94,95)(H,109,110)/t30-,31-,32+,33-,34+,35+,38-,39-,40-,41-,42-,43-,44-,50-,51-,52-,53-,54-/m0/s1. The number of carboxylic acids is 4. The van der Waals surface area contributed by atoms with Gasteiger partial charge in [0.25, 0.3) is 0 Å². The predicted octanol–water partition coefficient (Wildman–Crippen LogP) is -6.80. The molecule has 0 aliphatic heterocycles. The lowest BCUT2D eigenvalue weighted by molar-refractivity contribution is -0.143. The largest absolute Gasteiger partial charge is 0.508 e. The van der Waals surface area contributed by atoms with Gasteiger partial charge in [0, 0.05) is 19.3 Å². The number of nitrogens with two attached hydrogens (primary N) is 3. The first-order valence-electron chi connectivity index (χ1n) is 35.3. The molecule has 15 amide bonds. The Hall–Kier alpha value is -11.2. The van der Waals surface area contributed by atoms with Crippen molar-refractivity contribution in [1.29, 1.82) is 0 Å². The van der Waals surface area contributed by atoms with Crippen LogP contribution in [0.3, 0.4) is 0 Å². The first-order valence-corrected chi connectivity index (χ1v) is 35.3. The van der Waals surface area contributed by atoms with Crippen LogP contribution in [0, 0.1) is 23.7 Å². The van der Waals surface area contributed by atoms with Gasteiger partial charge in [0.1, 0.15) is 90.3 Å². The predicted molar refractivity (Wildman–Crippen MR) is 384 cm³/mol. The second-order valence-electron chi connectivity index (χ2n) is 27.5. The summed E-state index contributed by atoms with van der Waals surface area (Å²) in [6, 6.07) is -18.8. The van der Waals surface area contributed by atoms with Crippen LogP contribution in [0.25, 0.3) is 0 Å². The molecule has 0 fully saturated rings. The van der Waals surface area contributed by atoms with Gasteiger partial charge in [0.2, 0.25) is 88.6 Å². The Kier molecular flexibility index (Phi) is 41.3. The summed E-state index contributed by atoms with van der Waals surface area (Å²) in [7, 11) is 0. The summed E-state index contributed by atoms with van der Waals surface area (Å²) in [5.41, 5.74) is 16.9. The average Bonchev–Trinajstić information content (AvgIpc) is 0.847. The number of nitrogens with one attached hydrogen (secondary N) is 13. The van der Waals surface area contributed by atoms with E-state index in [0.29, 0.717) is 5.56 Å². The summed E-state index contributed by atoms with van der Waals surface area (Å²) in [6.07, 6.45) is -9.73. The Morgan fingerprint density at radius 1 is 0.364 bits per heavy atom. The normalized spacial score (nSPS) is 16.1. The van der Waals surface area contributed by atoms with Crippen LogP contribution in [-0.4, -0.2) is 245 Å². The van der Waals surface area contributed by atoms with Gasteiger partial charge in [-0.3, -0.25) is 86.3 Å². The second-order valence-corrected chi connectivity index (χ2v) is 27.5. The lowest BCUT2D eigenvalue weighted by Crippen LogP contribution is -2.62. The first kappa shape index (κ1) is 96.8. The maximum atomic E-state index is 14.2. The van der Waals surface area contributed by atoms with Crippen LogP contribution in [0.15, 0.2) is 24.3 Å². The maximum Gasteiger partial charge on any atom is 0.326 e. The minimum atomic E-state index is -2.15. The molecule has 1 rings (SSSR count). The number of carbonyl (C=O) groups excluding carboxylic acids is 15. The molecule has 110 heavy (non-hydrogen) atoms. The molecule has 42 nitrogen and oxygen atoms in total. The van der Waals surface area contributed by atoms with E-state index in [2.05, 4.69) is 63.8 Å². The van der Waals surface area contributed by atoms with Crippen LogP contribution in [-0.2, 0) is 97.5 Å². The molecule has 42 heteroatoms. The van der Waals surface area contributed by atoms with E-state index >= 15 is 0 Å². The fourth-order valence-electron chi connectivity index (χ4n) is 10.3. The summed E-state index contributed by atoms with van der Waals surface area (Å²) in [5, 5.41) is 98.8. The van der Waals surface area contributed by atoms with E-state index in [1.165, 1.54) is 65.8 Å². The van der Waals surface area contributed by atoms with Gasteiger partial charge in [-0.15, -0.1) is 0 Å². The minimum absolute atomic E-state index is 0.0332. The molecule has 0 aliphatic rings. The highest BCUT2D eigenvalue weighted by atomic mass is 16.4. The fraction of sp³-hybridized carbons (Fsp3) is 0.632. The number of aromatic hydroxyl groups is 1. The van der Waals surface area contributed by atoms with Crippen molar-refractivity contribution in [3.63, 3.8) is 0 Å². The van der Waals surface area contributed by atoms with Crippen LogP contribution >= 0.6 is 0 Å². The van der Waals surface area contributed by atoms with Crippen LogP contribution in [0.4, 0.5) is 0 Å². The number of hydrogen-bond donors (Lipinski definition) is 23. The number of amides is 15. The highest BCUT2D eigenvalue weighted by Gasteiger charge is 2.41. The van der Waals surface area contributed by atoms with E-state index in [1.807, 2.05) is 5.32 Å². The Bertz CT molecular complexity index is 3450. The number of primary amides is 2. The average molecular weight is 1570 g/mol. The van der Waals surface area contributed by atoms with Crippen molar-refractivity contribution in [2.75, 3.05) is 0 Å². The van der Waals surface area contributed by atoms with E-state index in [0.717, 1.165) is 13.8 Å². The Balaban J connectivity index is 3.53. The van der Waals surface area contributed by atoms with Crippen molar-refractivity contribution in [1.82, 2.24) is 69.1 Å². The molecule has 1 aromatic rings. The summed E-state index contributed by atoms with van der Waals surface area (Å²) in [5.74, 6) is -26.9. The van der Waals surface area contributed by atoms with Crippen LogP contribution in [0.1, 0.15) is 153 Å². The number of hydrogen-bond acceptors (Lipinski definition) is 23. The molecule has 0 bridgehead atoms.